The van der Waals surface area contributed by atoms with Gasteiger partial charge < -0.3 is 28.5 Å². The van der Waals surface area contributed by atoms with Crippen LogP contribution in [0.25, 0.3) is 0 Å². The molecule has 0 saturated carbocycles. The zero-order valence-corrected chi connectivity index (χ0v) is 49.1. The number of unbranched alkanes of at least 4 members (excludes halogenated alkanes) is 12. The van der Waals surface area contributed by atoms with Crippen molar-refractivity contribution in [1.29, 1.82) is 0 Å². The number of carbonyl (C=O) groups excluding carboxylic acids is 2. The van der Waals surface area contributed by atoms with E-state index in [-0.39, 0.29) is 25.4 Å². The number of allylic oxidation sites excluding steroid dienone is 23. The van der Waals surface area contributed by atoms with Crippen LogP contribution >= 0.6 is 7.82 Å². The Hall–Kier alpha value is -4.11. The van der Waals surface area contributed by atoms with Crippen LogP contribution < -0.4 is 10.2 Å². The molecular formula is C65H107N2O7P. The molecular weight excluding hydrogens is 952 g/mol. The van der Waals surface area contributed by atoms with Gasteiger partial charge in [-0.25, -0.2) is 0 Å². The normalized spacial score (nSPS) is 14.8. The summed E-state index contributed by atoms with van der Waals surface area (Å²) < 4.78 is 30.1. The summed E-state index contributed by atoms with van der Waals surface area (Å²) in [5.74, 6) is -0.676. The van der Waals surface area contributed by atoms with Crippen molar-refractivity contribution in [3.05, 3.63) is 146 Å². The molecule has 1 N–H and O–H groups in total. The second-order valence-corrected chi connectivity index (χ2v) is 21.4. The number of phosphoric acid groups is 1. The first-order chi connectivity index (χ1) is 36.4. The van der Waals surface area contributed by atoms with E-state index < -0.39 is 32.5 Å². The van der Waals surface area contributed by atoms with Gasteiger partial charge in [-0.15, -0.1) is 0 Å². The highest BCUT2D eigenvalue weighted by Gasteiger charge is 2.27. The number of hydrogen-bond acceptors (Lipinski definition) is 7. The fourth-order valence-corrected chi connectivity index (χ4v) is 8.05. The van der Waals surface area contributed by atoms with Crippen molar-refractivity contribution in [2.24, 2.45) is 0 Å². The molecule has 0 rings (SSSR count). The minimum absolute atomic E-state index is 0.0486. The Morgan fingerprint density at radius 3 is 1.31 bits per heavy atom. The van der Waals surface area contributed by atoms with Crippen LogP contribution in [0, 0.1) is 0 Å². The molecule has 0 aromatic carbocycles. The van der Waals surface area contributed by atoms with Crippen LogP contribution in [0.15, 0.2) is 146 Å². The number of likely N-dealkylation sites (N-methyl/N-ethyl adjacent to an activating group) is 1. The summed E-state index contributed by atoms with van der Waals surface area (Å²) in [5.41, 5.74) is 0. The first-order valence-corrected chi connectivity index (χ1v) is 30.6. The van der Waals surface area contributed by atoms with E-state index in [1.54, 1.807) is 6.08 Å². The van der Waals surface area contributed by atoms with Crippen LogP contribution in [-0.2, 0) is 27.9 Å². The number of phosphoric ester groups is 1. The van der Waals surface area contributed by atoms with Crippen molar-refractivity contribution in [1.82, 2.24) is 5.32 Å². The molecule has 0 heterocycles. The van der Waals surface area contributed by atoms with Gasteiger partial charge in [-0.3, -0.25) is 14.2 Å². The van der Waals surface area contributed by atoms with E-state index >= 15 is 0 Å². The number of ether oxygens (including phenoxy) is 1. The Labute approximate surface area is 459 Å². The lowest BCUT2D eigenvalue weighted by Gasteiger charge is -2.30. The molecule has 0 fully saturated rings. The Bertz CT molecular complexity index is 1790. The van der Waals surface area contributed by atoms with Gasteiger partial charge in [-0.2, -0.15) is 0 Å². The van der Waals surface area contributed by atoms with Crippen molar-refractivity contribution >= 4 is 19.7 Å². The molecule has 3 atom stereocenters. The highest BCUT2D eigenvalue weighted by atomic mass is 31.2. The number of quaternary nitrogens is 1. The average molecular weight is 1060 g/mol. The second-order valence-electron chi connectivity index (χ2n) is 20.0. The van der Waals surface area contributed by atoms with Gasteiger partial charge in [0.05, 0.1) is 33.8 Å². The summed E-state index contributed by atoms with van der Waals surface area (Å²) in [6.07, 6.45) is 76.9. The van der Waals surface area contributed by atoms with Gasteiger partial charge in [0.15, 0.2) is 0 Å². The van der Waals surface area contributed by atoms with Crippen LogP contribution in [0.3, 0.4) is 0 Å². The molecule has 0 radical (unpaired) electrons. The quantitative estimate of drug-likeness (QED) is 0.0212. The van der Waals surface area contributed by atoms with E-state index in [9.17, 15) is 19.0 Å². The summed E-state index contributed by atoms with van der Waals surface area (Å²) >= 11 is 0. The molecule has 0 bridgehead atoms. The van der Waals surface area contributed by atoms with Crippen LogP contribution in [0.4, 0.5) is 0 Å². The third-order valence-electron chi connectivity index (χ3n) is 11.8. The van der Waals surface area contributed by atoms with E-state index in [1.807, 2.05) is 27.2 Å². The summed E-state index contributed by atoms with van der Waals surface area (Å²) in [5, 5.41) is 2.97. The lowest BCUT2D eigenvalue weighted by molar-refractivity contribution is -0.870. The van der Waals surface area contributed by atoms with Crippen LogP contribution in [0.2, 0.25) is 0 Å². The van der Waals surface area contributed by atoms with Crippen molar-refractivity contribution in [3.63, 3.8) is 0 Å². The molecule has 9 nitrogen and oxygen atoms in total. The number of esters is 1. The monoisotopic (exact) mass is 1060 g/mol. The lowest BCUT2D eigenvalue weighted by atomic mass is 10.1. The summed E-state index contributed by atoms with van der Waals surface area (Å²) in [7, 11) is 1.10. The fourth-order valence-electron chi connectivity index (χ4n) is 7.32. The number of hydrogen-bond donors (Lipinski definition) is 1. The Kier molecular flexibility index (Phi) is 50.4. The van der Waals surface area contributed by atoms with Crippen LogP contribution in [-0.4, -0.2) is 69.4 Å². The molecule has 0 aliphatic carbocycles. The molecule has 0 aliphatic rings. The van der Waals surface area contributed by atoms with E-state index in [0.29, 0.717) is 30.3 Å². The zero-order chi connectivity index (χ0) is 55.0. The first kappa shape index (κ1) is 70.9. The van der Waals surface area contributed by atoms with Gasteiger partial charge in [-0.1, -0.05) is 212 Å². The predicted octanol–water partition coefficient (Wildman–Crippen LogP) is 17.2. The summed E-state index contributed by atoms with van der Waals surface area (Å²) in [4.78, 5) is 39.8. The molecule has 0 saturated heterocycles. The van der Waals surface area contributed by atoms with Crippen molar-refractivity contribution in [2.75, 3.05) is 40.9 Å². The predicted molar refractivity (Wildman–Crippen MR) is 320 cm³/mol. The van der Waals surface area contributed by atoms with E-state index in [0.717, 1.165) is 103 Å². The largest absolute Gasteiger partial charge is 0.756 e. The lowest BCUT2D eigenvalue weighted by Crippen LogP contribution is -2.47. The maximum absolute atomic E-state index is 13.5. The number of nitrogens with one attached hydrogen (secondary N) is 1. The number of rotatable bonds is 50. The second kappa shape index (κ2) is 53.3. The Morgan fingerprint density at radius 1 is 0.480 bits per heavy atom. The molecule has 75 heavy (non-hydrogen) atoms. The zero-order valence-electron chi connectivity index (χ0n) is 48.2. The molecule has 10 heteroatoms. The smallest absolute Gasteiger partial charge is 0.306 e. The minimum atomic E-state index is -4.73. The van der Waals surface area contributed by atoms with Gasteiger partial charge in [0.1, 0.15) is 19.3 Å². The summed E-state index contributed by atoms with van der Waals surface area (Å²) in [6, 6.07) is -0.945. The number of amides is 1. The van der Waals surface area contributed by atoms with Gasteiger partial charge in [-0.05, 0) is 122 Å². The molecule has 3 unspecified atom stereocenters. The molecule has 0 spiro atoms. The summed E-state index contributed by atoms with van der Waals surface area (Å²) in [6.45, 7) is 6.50. The Balaban J connectivity index is 5.47. The van der Waals surface area contributed by atoms with Crippen molar-refractivity contribution < 1.29 is 37.3 Å². The average Bonchev–Trinajstić information content (AvgIpc) is 3.37. The molecule has 0 aromatic rings. The fraction of sp³-hybridized carbons (Fsp3) is 0.600. The topological polar surface area (TPSA) is 114 Å². The van der Waals surface area contributed by atoms with E-state index in [4.69, 9.17) is 13.8 Å². The third kappa shape index (κ3) is 54.5. The number of carbonyl (C=O) groups is 2. The standard InChI is InChI=1S/C65H107N2O7P/c1-7-10-13-16-19-22-25-27-29-31-32-33-34-36-37-39-42-45-48-51-54-57-64(68)66-62(61-73-75(70,71)72-60-59-67(4,5)6)63(56-53-50-47-44-41-24-21-18-15-12-9-3)74-65(69)58-55-52-49-46-43-40-38-35-30-28-26-23-20-17-14-11-8-2/h10-11,13-14,19-20,22-23,27-30,32-33,36-38,40,42,45-46,49,53,56,62-63H,7-9,12,15-18,21,24-26,31,34-35,39,41,43-44,47-48,50-52,54-55,57-61H2,1-6H3,(H-,66,68,70,71)/b13-10-,14-11-,22-19-,23-20-,29-27-,30-28-,33-32-,37-36-,40-38-,45-42-,49-46-,56-53-. The third-order valence-corrected chi connectivity index (χ3v) is 12.7. The van der Waals surface area contributed by atoms with E-state index in [2.05, 4.69) is 160 Å². The number of nitrogens with zero attached hydrogens (tertiary/aromatic N) is 1. The van der Waals surface area contributed by atoms with Gasteiger partial charge >= 0.3 is 5.97 Å². The SMILES string of the molecule is CC/C=C\C/C=C\C/C=C\C/C=C\C/C=C\C/C=C\CCCCC(=O)NC(COP(=O)([O-])OCC[N+](C)(C)C)C(/C=C\CCCCCCCCCCC)OC(=O)CCC/C=C\C/C=C\C/C=C\C/C=C\C/C=C\CC. The maximum Gasteiger partial charge on any atom is 0.306 e. The van der Waals surface area contributed by atoms with Crippen LogP contribution in [0.1, 0.15) is 201 Å². The van der Waals surface area contributed by atoms with Gasteiger partial charge in [0.2, 0.25) is 5.91 Å². The highest BCUT2D eigenvalue weighted by molar-refractivity contribution is 7.45. The Morgan fingerprint density at radius 2 is 0.867 bits per heavy atom. The van der Waals surface area contributed by atoms with Gasteiger partial charge in [0, 0.05) is 12.8 Å². The van der Waals surface area contributed by atoms with Crippen LogP contribution in [0.5, 0.6) is 0 Å². The van der Waals surface area contributed by atoms with Gasteiger partial charge in [0.25, 0.3) is 7.82 Å². The molecule has 0 aromatic heterocycles. The molecule has 0 aliphatic heterocycles. The highest BCUT2D eigenvalue weighted by Crippen LogP contribution is 2.38. The first-order valence-electron chi connectivity index (χ1n) is 29.1. The molecule has 1 amide bonds. The maximum atomic E-state index is 13.5. The van der Waals surface area contributed by atoms with E-state index in [1.165, 1.54) is 44.9 Å². The van der Waals surface area contributed by atoms with Crippen molar-refractivity contribution in [3.8, 4) is 0 Å². The minimum Gasteiger partial charge on any atom is -0.756 e. The van der Waals surface area contributed by atoms with Crippen molar-refractivity contribution in [2.45, 2.75) is 213 Å². The molecule has 424 valence electrons.